The Bertz CT molecular complexity index is 564. The number of hydrogen-bond donors (Lipinski definition) is 1. The van der Waals surface area contributed by atoms with E-state index in [1.807, 2.05) is 0 Å². The van der Waals surface area contributed by atoms with Crippen molar-refractivity contribution in [3.8, 4) is 0 Å². The van der Waals surface area contributed by atoms with E-state index in [1.165, 1.54) is 28.6 Å². The predicted octanol–water partition coefficient (Wildman–Crippen LogP) is 0.322. The van der Waals surface area contributed by atoms with Crippen molar-refractivity contribution >= 4 is 11.9 Å². The van der Waals surface area contributed by atoms with Crippen LogP contribution in [0.1, 0.15) is 23.3 Å². The smallest absolute Gasteiger partial charge is 0.308 e. The van der Waals surface area contributed by atoms with Gasteiger partial charge in [0.2, 0.25) is 0 Å². The van der Waals surface area contributed by atoms with Crippen LogP contribution in [0.3, 0.4) is 0 Å². The van der Waals surface area contributed by atoms with Crippen LogP contribution >= 0.6 is 0 Å². The van der Waals surface area contributed by atoms with Crippen LogP contribution in [0.25, 0.3) is 0 Å². The zero-order chi connectivity index (χ0) is 14.0. The highest BCUT2D eigenvalue weighted by Crippen LogP contribution is 2.18. The minimum Gasteiger partial charge on any atom is -0.481 e. The maximum Gasteiger partial charge on any atom is 0.308 e. The molecule has 0 spiro atoms. The van der Waals surface area contributed by atoms with E-state index in [4.69, 9.17) is 5.11 Å². The summed E-state index contributed by atoms with van der Waals surface area (Å²) in [6.45, 7) is 0.739. The molecular formula is C13H16N2O4. The molecule has 102 valence electrons. The molecule has 0 bridgehead atoms. The Kier molecular flexibility index (Phi) is 3.69. The van der Waals surface area contributed by atoms with E-state index >= 15 is 0 Å². The van der Waals surface area contributed by atoms with Crippen molar-refractivity contribution in [1.82, 2.24) is 9.47 Å². The topological polar surface area (TPSA) is 79.6 Å². The molecule has 1 saturated heterocycles. The zero-order valence-electron chi connectivity index (χ0n) is 10.7. The van der Waals surface area contributed by atoms with Crippen LogP contribution in [0, 0.1) is 5.92 Å². The van der Waals surface area contributed by atoms with Crippen LogP contribution in [0.15, 0.2) is 23.0 Å². The summed E-state index contributed by atoms with van der Waals surface area (Å²) in [6, 6.07) is 4.50. The Hall–Kier alpha value is -2.11. The Morgan fingerprint density at radius 2 is 2.11 bits per heavy atom. The molecule has 1 amide bonds. The number of nitrogens with zero attached hydrogens (tertiary/aromatic N) is 2. The van der Waals surface area contributed by atoms with Gasteiger partial charge in [0.15, 0.2) is 0 Å². The maximum absolute atomic E-state index is 12.3. The third kappa shape index (κ3) is 2.67. The molecule has 1 fully saturated rings. The Morgan fingerprint density at radius 3 is 2.79 bits per heavy atom. The van der Waals surface area contributed by atoms with E-state index in [0.717, 1.165) is 0 Å². The summed E-state index contributed by atoms with van der Waals surface area (Å²) in [6.07, 6.45) is 1.26. The molecule has 0 aromatic carbocycles. The van der Waals surface area contributed by atoms with E-state index < -0.39 is 11.9 Å². The minimum atomic E-state index is -0.876. The van der Waals surface area contributed by atoms with Gasteiger partial charge in [-0.1, -0.05) is 6.07 Å². The number of carboxylic acid groups (broad SMARTS) is 1. The molecule has 1 aromatic rings. The summed E-state index contributed by atoms with van der Waals surface area (Å²) in [5.74, 6) is -1.68. The SMILES string of the molecule is Cn1c(C(=O)N2CCC[C@H](C(=O)O)C2)cccc1=O. The second-order valence-electron chi connectivity index (χ2n) is 4.74. The van der Waals surface area contributed by atoms with E-state index in [1.54, 1.807) is 6.07 Å². The fourth-order valence-corrected chi connectivity index (χ4v) is 2.30. The standard InChI is InChI=1S/C13H16N2O4/c1-14-10(5-2-6-11(14)16)12(17)15-7-3-4-9(8-15)13(18)19/h2,5-6,9H,3-4,7-8H2,1H3,(H,18,19)/t9-/m0/s1. The number of likely N-dealkylation sites (tertiary alicyclic amines) is 1. The van der Waals surface area contributed by atoms with E-state index in [9.17, 15) is 14.4 Å². The van der Waals surface area contributed by atoms with Crippen LogP contribution < -0.4 is 5.56 Å². The van der Waals surface area contributed by atoms with Gasteiger partial charge in [0.25, 0.3) is 11.5 Å². The molecule has 0 saturated carbocycles. The largest absolute Gasteiger partial charge is 0.481 e. The highest BCUT2D eigenvalue weighted by Gasteiger charge is 2.29. The lowest BCUT2D eigenvalue weighted by atomic mass is 9.98. The summed E-state index contributed by atoms with van der Waals surface area (Å²) in [5.41, 5.74) is 0.0381. The Balaban J connectivity index is 2.22. The average Bonchev–Trinajstić information content (AvgIpc) is 2.41. The third-order valence-electron chi connectivity index (χ3n) is 3.46. The first-order valence-electron chi connectivity index (χ1n) is 6.19. The average molecular weight is 264 g/mol. The first-order chi connectivity index (χ1) is 9.00. The molecule has 0 aliphatic carbocycles. The van der Waals surface area contributed by atoms with Gasteiger partial charge in [-0.2, -0.15) is 0 Å². The zero-order valence-corrected chi connectivity index (χ0v) is 10.7. The second kappa shape index (κ2) is 5.26. The van der Waals surface area contributed by atoms with Crippen LogP contribution in [0.2, 0.25) is 0 Å². The van der Waals surface area contributed by atoms with Crippen molar-refractivity contribution in [2.24, 2.45) is 13.0 Å². The number of carbonyl (C=O) groups is 2. The van der Waals surface area contributed by atoms with Gasteiger partial charge in [-0.05, 0) is 18.9 Å². The number of rotatable bonds is 2. The number of carbonyl (C=O) groups excluding carboxylic acids is 1. The van der Waals surface area contributed by atoms with Gasteiger partial charge in [-0.3, -0.25) is 14.4 Å². The molecule has 1 aromatic heterocycles. The lowest BCUT2D eigenvalue weighted by Crippen LogP contribution is -2.43. The van der Waals surface area contributed by atoms with Crippen LogP contribution in [0.5, 0.6) is 0 Å². The van der Waals surface area contributed by atoms with Crippen molar-refractivity contribution in [3.05, 3.63) is 34.2 Å². The maximum atomic E-state index is 12.3. The van der Waals surface area contributed by atoms with E-state index in [2.05, 4.69) is 0 Å². The molecule has 2 rings (SSSR count). The van der Waals surface area contributed by atoms with Crippen molar-refractivity contribution in [3.63, 3.8) is 0 Å². The summed E-state index contributed by atoms with van der Waals surface area (Å²) in [7, 11) is 1.54. The number of aromatic nitrogens is 1. The third-order valence-corrected chi connectivity index (χ3v) is 3.46. The summed E-state index contributed by atoms with van der Waals surface area (Å²) in [4.78, 5) is 36.3. The van der Waals surface area contributed by atoms with Gasteiger partial charge in [0.05, 0.1) is 5.92 Å². The number of amides is 1. The first kappa shape index (κ1) is 13.3. The lowest BCUT2D eigenvalue weighted by molar-refractivity contribution is -0.143. The molecular weight excluding hydrogens is 248 g/mol. The van der Waals surface area contributed by atoms with Gasteiger partial charge in [0.1, 0.15) is 5.69 Å². The number of hydrogen-bond acceptors (Lipinski definition) is 3. The van der Waals surface area contributed by atoms with Crippen molar-refractivity contribution in [2.45, 2.75) is 12.8 Å². The van der Waals surface area contributed by atoms with Crippen LogP contribution in [-0.2, 0) is 11.8 Å². The first-order valence-corrected chi connectivity index (χ1v) is 6.19. The molecule has 1 aliphatic rings. The second-order valence-corrected chi connectivity index (χ2v) is 4.74. The van der Waals surface area contributed by atoms with Gasteiger partial charge < -0.3 is 14.6 Å². The van der Waals surface area contributed by atoms with Crippen molar-refractivity contribution in [2.75, 3.05) is 13.1 Å². The number of piperidine rings is 1. The summed E-state index contributed by atoms with van der Waals surface area (Å²) < 4.78 is 1.28. The van der Waals surface area contributed by atoms with E-state index in [0.29, 0.717) is 25.1 Å². The van der Waals surface area contributed by atoms with Crippen molar-refractivity contribution in [1.29, 1.82) is 0 Å². The molecule has 1 N–H and O–H groups in total. The Labute approximate surface area is 110 Å². The number of aliphatic carboxylic acids is 1. The molecule has 0 radical (unpaired) electrons. The number of pyridine rings is 1. The molecule has 1 aliphatic heterocycles. The summed E-state index contributed by atoms with van der Waals surface area (Å²) >= 11 is 0. The predicted molar refractivity (Wildman–Crippen MR) is 67.9 cm³/mol. The molecule has 1 atom stereocenters. The van der Waals surface area contributed by atoms with Gasteiger partial charge in [-0.25, -0.2) is 0 Å². The highest BCUT2D eigenvalue weighted by atomic mass is 16.4. The fourth-order valence-electron chi connectivity index (χ4n) is 2.30. The quantitative estimate of drug-likeness (QED) is 0.834. The highest BCUT2D eigenvalue weighted by molar-refractivity contribution is 5.93. The van der Waals surface area contributed by atoms with Crippen molar-refractivity contribution < 1.29 is 14.7 Å². The van der Waals surface area contributed by atoms with E-state index in [-0.39, 0.29) is 18.0 Å². The normalized spacial score (nSPS) is 19.2. The molecule has 19 heavy (non-hydrogen) atoms. The summed E-state index contributed by atoms with van der Waals surface area (Å²) in [5, 5.41) is 9.01. The fraction of sp³-hybridized carbons (Fsp3) is 0.462. The minimum absolute atomic E-state index is 0.206. The van der Waals surface area contributed by atoms with Gasteiger partial charge in [-0.15, -0.1) is 0 Å². The Morgan fingerprint density at radius 1 is 1.37 bits per heavy atom. The molecule has 6 heteroatoms. The molecule has 0 unspecified atom stereocenters. The number of carboxylic acids is 1. The molecule has 2 heterocycles. The van der Waals surface area contributed by atoms with Crippen LogP contribution in [-0.4, -0.2) is 39.5 Å². The van der Waals surface area contributed by atoms with Crippen LogP contribution in [0.4, 0.5) is 0 Å². The van der Waals surface area contributed by atoms with Gasteiger partial charge in [0, 0.05) is 26.2 Å². The lowest BCUT2D eigenvalue weighted by Gasteiger charge is -2.31. The molecule has 6 nitrogen and oxygen atoms in total. The van der Waals surface area contributed by atoms with Gasteiger partial charge >= 0.3 is 5.97 Å². The monoisotopic (exact) mass is 264 g/mol.